The molecule has 4 saturated carbocycles. The maximum atomic E-state index is 4.49. The van der Waals surface area contributed by atoms with Crippen molar-refractivity contribution in [2.75, 3.05) is 6.54 Å². The molecule has 8 rings (SSSR count). The lowest BCUT2D eigenvalue weighted by Gasteiger charge is -2.54. The fourth-order valence-electron chi connectivity index (χ4n) is 12.8. The highest BCUT2D eigenvalue weighted by molar-refractivity contribution is 5.23. The SMILES string of the molecule is C1=CCC(C2CCCC=C2C2CCC(C3CCC([C@@H]4CC=C(C5CCN5)CC4)CC3NC3CCCCC3)C3CCCCC23)C=C1. The van der Waals surface area contributed by atoms with Crippen molar-refractivity contribution in [2.24, 2.45) is 53.3 Å². The quantitative estimate of drug-likeness (QED) is 0.280. The molecule has 1 saturated heterocycles. The van der Waals surface area contributed by atoms with Gasteiger partial charge in [0.1, 0.15) is 0 Å². The summed E-state index contributed by atoms with van der Waals surface area (Å²) in [5.41, 5.74) is 3.71. The van der Waals surface area contributed by atoms with Gasteiger partial charge in [0.2, 0.25) is 0 Å². The Balaban J connectivity index is 0.990. The van der Waals surface area contributed by atoms with E-state index in [1.807, 2.05) is 5.57 Å². The minimum atomic E-state index is 0.733. The summed E-state index contributed by atoms with van der Waals surface area (Å²) in [5, 5.41) is 8.17. The largest absolute Gasteiger partial charge is 0.311 e. The fraction of sp³-hybridized carbons (Fsp3) is 0.814. The van der Waals surface area contributed by atoms with Gasteiger partial charge >= 0.3 is 0 Å². The number of hydrogen-bond acceptors (Lipinski definition) is 2. The molecule has 5 fully saturated rings. The molecule has 0 aromatic rings. The second-order valence-corrected chi connectivity index (χ2v) is 17.4. The Labute approximate surface area is 276 Å². The number of rotatable bonds is 7. The standard InChI is InChI=1S/C43H66N2/c1-3-11-31(12-4-1)35-15-7-8-16-36(35)39-25-26-40(38-18-10-9-17-37(38)39)41-24-23-33(29-43(41)45-34-13-5-2-6-14-34)30-19-21-32(22-20-30)42-27-28-44-42/h1,3-4,11,16,21,30-31,33-35,37-45H,2,5-10,12-15,17-20,22-29H2/t30-,31?,33?,35?,37?,38?,39?,40?,41?,42?,43?/m1/s1. The van der Waals surface area contributed by atoms with Crippen molar-refractivity contribution < 1.29 is 0 Å². The van der Waals surface area contributed by atoms with Crippen LogP contribution < -0.4 is 10.6 Å². The summed E-state index contributed by atoms with van der Waals surface area (Å²) in [7, 11) is 0. The zero-order chi connectivity index (χ0) is 30.0. The number of nitrogens with one attached hydrogen (secondary N) is 2. The van der Waals surface area contributed by atoms with Crippen molar-refractivity contribution in [2.45, 2.75) is 159 Å². The van der Waals surface area contributed by atoms with Crippen LogP contribution in [0.5, 0.6) is 0 Å². The summed E-state index contributed by atoms with van der Waals surface area (Å²) in [6.07, 6.45) is 47.1. The number of hydrogen-bond donors (Lipinski definition) is 2. The van der Waals surface area contributed by atoms with Crippen molar-refractivity contribution in [1.29, 1.82) is 0 Å². The average Bonchev–Trinajstić information content (AvgIpc) is 3.08. The Morgan fingerprint density at radius 3 is 2.22 bits per heavy atom. The summed E-state index contributed by atoms with van der Waals surface area (Å²) in [6.45, 7) is 1.24. The lowest BCUT2D eigenvalue weighted by atomic mass is 9.52. The second-order valence-electron chi connectivity index (χ2n) is 17.4. The highest BCUT2D eigenvalue weighted by atomic mass is 15.0. The molecule has 7 aliphatic carbocycles. The Bertz CT molecular complexity index is 1100. The third-order valence-electron chi connectivity index (χ3n) is 15.2. The van der Waals surface area contributed by atoms with Gasteiger partial charge in [0.15, 0.2) is 0 Å². The van der Waals surface area contributed by atoms with Crippen molar-refractivity contribution >= 4 is 0 Å². The van der Waals surface area contributed by atoms with Gasteiger partial charge in [-0.05, 0) is 169 Å². The van der Waals surface area contributed by atoms with E-state index in [0.29, 0.717) is 0 Å². The molecule has 0 aromatic heterocycles. The van der Waals surface area contributed by atoms with Crippen molar-refractivity contribution in [3.8, 4) is 0 Å². The molecule has 2 N–H and O–H groups in total. The Morgan fingerprint density at radius 2 is 1.44 bits per heavy atom. The topological polar surface area (TPSA) is 24.1 Å². The van der Waals surface area contributed by atoms with Crippen molar-refractivity contribution in [1.82, 2.24) is 10.6 Å². The molecule has 1 aliphatic heterocycles. The smallest absolute Gasteiger partial charge is 0.0291 e. The van der Waals surface area contributed by atoms with Crippen LogP contribution in [-0.4, -0.2) is 24.7 Å². The first-order valence-electron chi connectivity index (χ1n) is 20.5. The van der Waals surface area contributed by atoms with Crippen LogP contribution in [0.25, 0.3) is 0 Å². The van der Waals surface area contributed by atoms with E-state index in [1.54, 1.807) is 5.57 Å². The van der Waals surface area contributed by atoms with E-state index in [0.717, 1.165) is 71.4 Å². The Morgan fingerprint density at radius 1 is 0.622 bits per heavy atom. The van der Waals surface area contributed by atoms with Crippen molar-refractivity contribution in [3.05, 3.63) is 47.6 Å². The molecule has 0 radical (unpaired) electrons. The van der Waals surface area contributed by atoms with Gasteiger partial charge in [-0.1, -0.05) is 79.7 Å². The second kappa shape index (κ2) is 14.6. The molecule has 0 spiro atoms. The van der Waals surface area contributed by atoms with Gasteiger partial charge < -0.3 is 10.6 Å². The minimum absolute atomic E-state index is 0.733. The summed E-state index contributed by atoms with van der Waals surface area (Å²) in [6, 6.07) is 2.32. The van der Waals surface area contributed by atoms with Gasteiger partial charge in [0, 0.05) is 18.1 Å². The van der Waals surface area contributed by atoms with E-state index in [4.69, 9.17) is 0 Å². The Hall–Kier alpha value is -1.12. The zero-order valence-corrected chi connectivity index (χ0v) is 28.7. The van der Waals surface area contributed by atoms with Crippen LogP contribution in [0.3, 0.4) is 0 Å². The van der Waals surface area contributed by atoms with Gasteiger partial charge in [-0.2, -0.15) is 0 Å². The van der Waals surface area contributed by atoms with Crippen LogP contribution in [0, 0.1) is 53.3 Å². The lowest BCUT2D eigenvalue weighted by Crippen LogP contribution is -2.53. The lowest BCUT2D eigenvalue weighted by molar-refractivity contribution is -0.00681. The van der Waals surface area contributed by atoms with E-state index >= 15 is 0 Å². The molecule has 2 heteroatoms. The number of allylic oxidation sites excluding steroid dienone is 7. The molecule has 45 heavy (non-hydrogen) atoms. The molecule has 0 aromatic carbocycles. The molecular weight excluding hydrogens is 544 g/mol. The predicted molar refractivity (Wildman–Crippen MR) is 190 cm³/mol. The summed E-state index contributed by atoms with van der Waals surface area (Å²) < 4.78 is 0. The van der Waals surface area contributed by atoms with E-state index in [9.17, 15) is 0 Å². The third kappa shape index (κ3) is 6.77. The molecule has 1 heterocycles. The molecule has 10 unspecified atom stereocenters. The van der Waals surface area contributed by atoms with Gasteiger partial charge in [-0.25, -0.2) is 0 Å². The van der Waals surface area contributed by atoms with E-state index < -0.39 is 0 Å². The van der Waals surface area contributed by atoms with Gasteiger partial charge in [-0.15, -0.1) is 0 Å². The molecule has 8 aliphatic rings. The van der Waals surface area contributed by atoms with E-state index in [2.05, 4.69) is 47.1 Å². The monoisotopic (exact) mass is 611 g/mol. The van der Waals surface area contributed by atoms with Crippen LogP contribution in [0.1, 0.15) is 141 Å². The Kier molecular flexibility index (Phi) is 10.1. The molecule has 2 nitrogen and oxygen atoms in total. The normalized spacial score (nSPS) is 44.4. The molecule has 11 atom stereocenters. The molecule has 248 valence electrons. The van der Waals surface area contributed by atoms with E-state index in [-0.39, 0.29) is 0 Å². The molecule has 0 amide bonds. The van der Waals surface area contributed by atoms with Crippen molar-refractivity contribution in [3.63, 3.8) is 0 Å². The fourth-order valence-corrected chi connectivity index (χ4v) is 12.8. The first kappa shape index (κ1) is 31.2. The zero-order valence-electron chi connectivity index (χ0n) is 28.7. The highest BCUT2D eigenvalue weighted by Gasteiger charge is 2.49. The predicted octanol–water partition coefficient (Wildman–Crippen LogP) is 10.5. The minimum Gasteiger partial charge on any atom is -0.311 e. The van der Waals surface area contributed by atoms with Gasteiger partial charge in [-0.3, -0.25) is 0 Å². The first-order valence-corrected chi connectivity index (χ1v) is 20.5. The maximum absolute atomic E-state index is 4.49. The molecular formula is C43H66N2. The average molecular weight is 611 g/mol. The first-order chi connectivity index (χ1) is 22.3. The summed E-state index contributed by atoms with van der Waals surface area (Å²) >= 11 is 0. The highest BCUT2D eigenvalue weighted by Crippen LogP contribution is 2.56. The van der Waals surface area contributed by atoms with Crippen LogP contribution in [0.4, 0.5) is 0 Å². The third-order valence-corrected chi connectivity index (χ3v) is 15.2. The molecule has 0 bridgehead atoms. The maximum Gasteiger partial charge on any atom is 0.0291 e. The van der Waals surface area contributed by atoms with Crippen LogP contribution in [0.2, 0.25) is 0 Å². The van der Waals surface area contributed by atoms with Crippen LogP contribution in [-0.2, 0) is 0 Å². The summed E-state index contributed by atoms with van der Waals surface area (Å²) in [5.74, 6) is 8.27. The van der Waals surface area contributed by atoms with Gasteiger partial charge in [0.05, 0.1) is 0 Å². The van der Waals surface area contributed by atoms with Crippen LogP contribution >= 0.6 is 0 Å². The van der Waals surface area contributed by atoms with Gasteiger partial charge in [0.25, 0.3) is 0 Å². The number of fused-ring (bicyclic) bond motifs is 1. The summed E-state index contributed by atoms with van der Waals surface area (Å²) in [4.78, 5) is 0. The van der Waals surface area contributed by atoms with E-state index in [1.165, 1.54) is 148 Å². The van der Waals surface area contributed by atoms with Crippen LogP contribution in [0.15, 0.2) is 47.6 Å².